The van der Waals surface area contributed by atoms with Gasteiger partial charge in [0.25, 0.3) is 0 Å². The summed E-state index contributed by atoms with van der Waals surface area (Å²) in [5, 5.41) is 17.6. The van der Waals surface area contributed by atoms with E-state index in [1.165, 1.54) is 5.56 Å². The first kappa shape index (κ1) is 29.7. The molecule has 2 unspecified atom stereocenters. The number of rotatable bonds is 4. The monoisotopic (exact) mass is 539 g/mol. The van der Waals surface area contributed by atoms with Crippen molar-refractivity contribution in [2.75, 3.05) is 25.0 Å². The Morgan fingerprint density at radius 1 is 1.05 bits per heavy atom. The molecular weight excluding hydrogens is 516 g/mol. The van der Waals surface area contributed by atoms with Crippen LogP contribution in [0.4, 0.5) is 32.3 Å². The summed E-state index contributed by atoms with van der Waals surface area (Å²) in [6.45, 7) is 3.72. The number of likely N-dealkylation sites (tertiary alicyclic amines) is 1. The van der Waals surface area contributed by atoms with E-state index in [-0.39, 0.29) is 11.6 Å². The molecule has 0 amide bonds. The zero-order chi connectivity index (χ0) is 27.7. The van der Waals surface area contributed by atoms with E-state index in [1.807, 2.05) is 24.5 Å². The van der Waals surface area contributed by atoms with Crippen LogP contribution in [0.5, 0.6) is 0 Å². The molecule has 0 saturated carbocycles. The van der Waals surface area contributed by atoms with E-state index in [1.54, 1.807) is 12.4 Å². The molecule has 2 aliphatic rings. The lowest BCUT2D eigenvalue weighted by Crippen LogP contribution is -2.33. The van der Waals surface area contributed by atoms with Gasteiger partial charge >= 0.3 is 24.3 Å². The van der Waals surface area contributed by atoms with Gasteiger partial charge in [-0.2, -0.15) is 26.3 Å². The van der Waals surface area contributed by atoms with Gasteiger partial charge in [-0.25, -0.2) is 19.6 Å². The van der Waals surface area contributed by atoms with Gasteiger partial charge in [-0.3, -0.25) is 9.88 Å². The fourth-order valence-electron chi connectivity index (χ4n) is 3.59. The van der Waals surface area contributed by atoms with Crippen LogP contribution >= 0.6 is 0 Å². The topological polar surface area (TPSA) is 138 Å². The first-order valence-electron chi connectivity index (χ1n) is 10.6. The molecule has 2 aromatic rings. The Morgan fingerprint density at radius 3 is 2.16 bits per heavy atom. The van der Waals surface area contributed by atoms with Crippen LogP contribution in [0, 0.1) is 0 Å². The van der Waals surface area contributed by atoms with Gasteiger partial charge in [0.2, 0.25) is 5.95 Å². The first-order valence-corrected chi connectivity index (χ1v) is 10.6. The number of ether oxygens (including phenoxy) is 1. The SMILES string of the molecule is O=C(O)C(F)(F)F.O=C(O)C(F)(F)F.c1cnc(NC2COC3(CCN(Cc4cccnc4)C3)C2)nc1. The molecule has 0 aliphatic carbocycles. The predicted molar refractivity (Wildman–Crippen MR) is 114 cm³/mol. The van der Waals surface area contributed by atoms with Crippen LogP contribution in [-0.4, -0.2) is 85.7 Å². The van der Waals surface area contributed by atoms with Gasteiger partial charge < -0.3 is 20.3 Å². The van der Waals surface area contributed by atoms with Crippen molar-refractivity contribution in [2.45, 2.75) is 43.4 Å². The molecule has 10 nitrogen and oxygen atoms in total. The molecule has 2 saturated heterocycles. The number of aliphatic carboxylic acids is 2. The molecule has 2 atom stereocenters. The van der Waals surface area contributed by atoms with Crippen molar-refractivity contribution in [3.8, 4) is 0 Å². The highest BCUT2D eigenvalue weighted by Gasteiger charge is 2.45. The molecule has 204 valence electrons. The molecule has 4 heterocycles. The summed E-state index contributed by atoms with van der Waals surface area (Å²) in [7, 11) is 0. The van der Waals surface area contributed by atoms with Gasteiger partial charge in [0.15, 0.2) is 0 Å². The third kappa shape index (κ3) is 10.2. The molecular formula is C21H23F6N5O5. The molecule has 2 aromatic heterocycles. The van der Waals surface area contributed by atoms with Gasteiger partial charge in [-0.05, 0) is 24.1 Å². The van der Waals surface area contributed by atoms with Gasteiger partial charge in [0.05, 0.1) is 18.2 Å². The number of carboxylic acid groups (broad SMARTS) is 2. The van der Waals surface area contributed by atoms with Crippen LogP contribution < -0.4 is 5.32 Å². The molecule has 0 radical (unpaired) electrons. The number of carbonyl (C=O) groups is 2. The minimum absolute atomic E-state index is 0.0192. The summed E-state index contributed by atoms with van der Waals surface area (Å²) in [5.74, 6) is -4.83. The van der Waals surface area contributed by atoms with E-state index in [2.05, 4.69) is 31.2 Å². The van der Waals surface area contributed by atoms with E-state index in [0.29, 0.717) is 5.95 Å². The molecule has 0 bridgehead atoms. The van der Waals surface area contributed by atoms with E-state index < -0.39 is 24.3 Å². The quantitative estimate of drug-likeness (QED) is 0.497. The Bertz CT molecular complexity index is 929. The van der Waals surface area contributed by atoms with Crippen LogP contribution in [0.2, 0.25) is 0 Å². The third-order valence-corrected chi connectivity index (χ3v) is 5.12. The molecule has 2 fully saturated rings. The number of pyridine rings is 1. The maximum Gasteiger partial charge on any atom is 0.490 e. The Kier molecular flexibility index (Phi) is 10.1. The minimum atomic E-state index is -5.08. The molecule has 4 rings (SSSR count). The number of carboxylic acids is 2. The number of nitrogens with one attached hydrogen (secondary N) is 1. The number of nitrogens with zero attached hydrogens (tertiary/aromatic N) is 4. The van der Waals surface area contributed by atoms with Gasteiger partial charge in [0, 0.05) is 50.8 Å². The highest BCUT2D eigenvalue weighted by molar-refractivity contribution is 5.73. The van der Waals surface area contributed by atoms with Gasteiger partial charge in [0.1, 0.15) is 0 Å². The lowest BCUT2D eigenvalue weighted by atomic mass is 9.97. The van der Waals surface area contributed by atoms with Crippen molar-refractivity contribution in [1.82, 2.24) is 19.9 Å². The average molecular weight is 539 g/mol. The van der Waals surface area contributed by atoms with Gasteiger partial charge in [-0.1, -0.05) is 6.07 Å². The lowest BCUT2D eigenvalue weighted by molar-refractivity contribution is -0.193. The van der Waals surface area contributed by atoms with Crippen molar-refractivity contribution < 1.29 is 50.9 Å². The second-order valence-corrected chi connectivity index (χ2v) is 8.04. The van der Waals surface area contributed by atoms with Crippen LogP contribution in [0.1, 0.15) is 18.4 Å². The summed E-state index contributed by atoms with van der Waals surface area (Å²) in [6, 6.07) is 6.23. The summed E-state index contributed by atoms with van der Waals surface area (Å²) < 4.78 is 69.7. The number of aromatic nitrogens is 3. The predicted octanol–water partition coefficient (Wildman–Crippen LogP) is 2.98. The fraction of sp³-hybridized carbons (Fsp3) is 0.476. The Hall–Kier alpha value is -3.53. The molecule has 2 aliphatic heterocycles. The van der Waals surface area contributed by atoms with Crippen molar-refractivity contribution in [3.63, 3.8) is 0 Å². The largest absolute Gasteiger partial charge is 0.490 e. The van der Waals surface area contributed by atoms with Crippen molar-refractivity contribution in [2.24, 2.45) is 0 Å². The van der Waals surface area contributed by atoms with E-state index in [0.717, 1.165) is 39.1 Å². The van der Waals surface area contributed by atoms with Gasteiger partial charge in [-0.15, -0.1) is 0 Å². The summed E-state index contributed by atoms with van der Waals surface area (Å²) in [6.07, 6.45) is -0.803. The highest BCUT2D eigenvalue weighted by atomic mass is 19.4. The van der Waals surface area contributed by atoms with Crippen LogP contribution in [0.3, 0.4) is 0 Å². The first-order chi connectivity index (χ1) is 17.2. The normalized spacial score (nSPS) is 21.4. The number of alkyl halides is 6. The van der Waals surface area contributed by atoms with Crippen LogP contribution in [-0.2, 0) is 20.9 Å². The Balaban J connectivity index is 0.000000286. The summed E-state index contributed by atoms with van der Waals surface area (Å²) in [4.78, 5) is 32.9. The number of hydrogen-bond acceptors (Lipinski definition) is 8. The number of anilines is 1. The fourth-order valence-corrected chi connectivity index (χ4v) is 3.59. The average Bonchev–Trinajstić information content (AvgIpc) is 3.40. The molecule has 16 heteroatoms. The van der Waals surface area contributed by atoms with Crippen molar-refractivity contribution >= 4 is 17.9 Å². The van der Waals surface area contributed by atoms with E-state index >= 15 is 0 Å². The second-order valence-electron chi connectivity index (χ2n) is 8.04. The smallest absolute Gasteiger partial charge is 0.475 e. The highest BCUT2D eigenvalue weighted by Crippen LogP contribution is 2.36. The number of halogens is 6. The third-order valence-electron chi connectivity index (χ3n) is 5.12. The second kappa shape index (κ2) is 12.6. The standard InChI is InChI=1S/C17H21N5O.2C2HF3O2/c1-3-14(10-18-5-1)11-22-8-4-17(13-22)9-15(12-23-17)21-16-19-6-2-7-20-16;2*3-2(4,5)1(6)7/h1-3,5-7,10,15H,4,8-9,11-13H2,(H,19,20,21);2*(H,6,7). The molecule has 1 spiro atoms. The van der Waals surface area contributed by atoms with Crippen LogP contribution in [0.15, 0.2) is 43.0 Å². The molecule has 3 N–H and O–H groups in total. The zero-order valence-electron chi connectivity index (χ0n) is 19.0. The summed E-state index contributed by atoms with van der Waals surface area (Å²) >= 11 is 0. The maximum atomic E-state index is 10.6. The van der Waals surface area contributed by atoms with Crippen molar-refractivity contribution in [3.05, 3.63) is 48.5 Å². The molecule has 37 heavy (non-hydrogen) atoms. The zero-order valence-corrected chi connectivity index (χ0v) is 19.0. The molecule has 0 aromatic carbocycles. The Labute approximate surface area is 206 Å². The minimum Gasteiger partial charge on any atom is -0.475 e. The summed E-state index contributed by atoms with van der Waals surface area (Å²) in [5.41, 5.74) is 1.24. The lowest BCUT2D eigenvalue weighted by Gasteiger charge is -2.23. The van der Waals surface area contributed by atoms with E-state index in [9.17, 15) is 26.3 Å². The Morgan fingerprint density at radius 2 is 1.65 bits per heavy atom. The number of hydrogen-bond donors (Lipinski definition) is 3. The van der Waals surface area contributed by atoms with Crippen molar-refractivity contribution in [1.29, 1.82) is 0 Å². The maximum absolute atomic E-state index is 10.6. The van der Waals surface area contributed by atoms with Crippen LogP contribution in [0.25, 0.3) is 0 Å². The van der Waals surface area contributed by atoms with E-state index in [4.69, 9.17) is 24.5 Å².